The predicted octanol–water partition coefficient (Wildman–Crippen LogP) is 5.12. The molecule has 1 aromatic heterocycles. The second-order valence-electron chi connectivity index (χ2n) is 9.12. The van der Waals surface area contributed by atoms with E-state index in [0.717, 1.165) is 24.3 Å². The Morgan fingerprint density at radius 2 is 1.65 bits per heavy atom. The fourth-order valence-corrected chi connectivity index (χ4v) is 4.92. The molecule has 5 rings (SSSR count). The molecule has 3 aromatic carbocycles. The molecule has 0 bridgehead atoms. The minimum Gasteiger partial charge on any atom is -0.497 e. The Balaban J connectivity index is 1.48. The summed E-state index contributed by atoms with van der Waals surface area (Å²) in [5.74, 6) is 1.09. The van der Waals surface area contributed by atoms with Crippen LogP contribution in [0.25, 0.3) is 16.9 Å². The molecule has 1 aliphatic rings. The number of carbonyl (C=O) groups is 1. The molecule has 0 saturated carbocycles. The summed E-state index contributed by atoms with van der Waals surface area (Å²) in [7, 11) is 3.22. The van der Waals surface area contributed by atoms with E-state index < -0.39 is 0 Å². The van der Waals surface area contributed by atoms with Crippen LogP contribution in [0.15, 0.2) is 85.1 Å². The van der Waals surface area contributed by atoms with Crippen molar-refractivity contribution < 1.29 is 14.3 Å². The molecule has 7 nitrogen and oxygen atoms in total. The number of hydrogen-bond acceptors (Lipinski definition) is 5. The molecule has 1 unspecified atom stereocenters. The van der Waals surface area contributed by atoms with Gasteiger partial charge in [0.2, 0.25) is 0 Å². The van der Waals surface area contributed by atoms with Crippen LogP contribution < -0.4 is 14.8 Å². The third-order valence-electron chi connectivity index (χ3n) is 6.87. The zero-order valence-electron chi connectivity index (χ0n) is 21.3. The number of ether oxygens (including phenoxy) is 2. The van der Waals surface area contributed by atoms with Gasteiger partial charge in [-0.25, -0.2) is 4.68 Å². The van der Waals surface area contributed by atoms with Gasteiger partial charge in [0.1, 0.15) is 17.2 Å². The van der Waals surface area contributed by atoms with Gasteiger partial charge in [-0.15, -0.1) is 0 Å². The number of nitrogens with one attached hydrogen (secondary N) is 1. The van der Waals surface area contributed by atoms with Gasteiger partial charge in [0, 0.05) is 24.4 Å². The molecule has 4 aromatic rings. The Kier molecular flexibility index (Phi) is 7.51. The summed E-state index contributed by atoms with van der Waals surface area (Å²) in [5, 5.41) is 8.03. The Bertz CT molecular complexity index is 1330. The highest BCUT2D eigenvalue weighted by molar-refractivity contribution is 6.00. The maximum absolute atomic E-state index is 13.7. The van der Waals surface area contributed by atoms with Gasteiger partial charge in [0.15, 0.2) is 0 Å². The Hall–Kier alpha value is -4.10. The number of carbonyl (C=O) groups excluding carboxylic acids is 1. The van der Waals surface area contributed by atoms with E-state index in [9.17, 15) is 4.79 Å². The maximum Gasteiger partial charge on any atom is 0.255 e. The normalized spacial score (nSPS) is 14.3. The monoisotopic (exact) mass is 496 g/mol. The summed E-state index contributed by atoms with van der Waals surface area (Å²) in [6.45, 7) is 2.59. The standard InChI is InChI=1S/C30H32N4O3/c1-36-24-15-16-25(28(19-24)37-2)29-26(21-34(32-29)23-13-7-4-8-14-23)30(35)31-20-27(33-17-9-10-18-33)22-11-5-3-6-12-22/h3-8,11-16,19,21,27H,9-10,17-18,20H2,1-2H3,(H,31,35). The topological polar surface area (TPSA) is 68.6 Å². The molecule has 1 saturated heterocycles. The minimum atomic E-state index is -0.171. The van der Waals surface area contributed by atoms with Crippen LogP contribution in [0.5, 0.6) is 11.5 Å². The first kappa shape index (κ1) is 24.6. The minimum absolute atomic E-state index is 0.121. The number of hydrogen-bond donors (Lipinski definition) is 1. The number of methoxy groups -OCH3 is 2. The molecule has 190 valence electrons. The Morgan fingerprint density at radius 1 is 0.946 bits per heavy atom. The molecule has 0 aliphatic carbocycles. The van der Waals surface area contributed by atoms with Crippen molar-refractivity contribution in [3.05, 3.63) is 96.2 Å². The van der Waals surface area contributed by atoms with Crippen molar-refractivity contribution in [1.82, 2.24) is 20.0 Å². The van der Waals surface area contributed by atoms with E-state index in [-0.39, 0.29) is 11.9 Å². The van der Waals surface area contributed by atoms with Gasteiger partial charge < -0.3 is 14.8 Å². The summed E-state index contributed by atoms with van der Waals surface area (Å²) in [6.07, 6.45) is 4.15. The zero-order valence-corrected chi connectivity index (χ0v) is 21.3. The first-order chi connectivity index (χ1) is 18.2. The summed E-state index contributed by atoms with van der Waals surface area (Å²) in [4.78, 5) is 16.2. The number of para-hydroxylation sites is 1. The van der Waals surface area contributed by atoms with Crippen LogP contribution in [0.4, 0.5) is 0 Å². The van der Waals surface area contributed by atoms with Crippen LogP contribution in [0.3, 0.4) is 0 Å². The van der Waals surface area contributed by atoms with Crippen LogP contribution in [0, 0.1) is 0 Å². The lowest BCUT2D eigenvalue weighted by Gasteiger charge is -2.28. The van der Waals surface area contributed by atoms with Crippen LogP contribution in [0.2, 0.25) is 0 Å². The second-order valence-corrected chi connectivity index (χ2v) is 9.12. The molecule has 2 heterocycles. The Morgan fingerprint density at radius 3 is 2.32 bits per heavy atom. The average Bonchev–Trinajstić information content (AvgIpc) is 3.65. The fourth-order valence-electron chi connectivity index (χ4n) is 4.92. The quantitative estimate of drug-likeness (QED) is 0.348. The van der Waals surface area contributed by atoms with E-state index >= 15 is 0 Å². The molecule has 1 N–H and O–H groups in total. The third-order valence-corrected chi connectivity index (χ3v) is 6.87. The maximum atomic E-state index is 13.7. The smallest absolute Gasteiger partial charge is 0.255 e. The zero-order chi connectivity index (χ0) is 25.6. The van der Waals surface area contributed by atoms with Gasteiger partial charge in [-0.05, 0) is 55.8 Å². The molecule has 1 amide bonds. The van der Waals surface area contributed by atoms with Crippen molar-refractivity contribution in [3.63, 3.8) is 0 Å². The van der Waals surface area contributed by atoms with Gasteiger partial charge in [-0.2, -0.15) is 5.10 Å². The van der Waals surface area contributed by atoms with E-state index in [0.29, 0.717) is 29.3 Å². The van der Waals surface area contributed by atoms with Crippen LogP contribution in [-0.2, 0) is 0 Å². The van der Waals surface area contributed by atoms with Crippen molar-refractivity contribution in [2.24, 2.45) is 0 Å². The summed E-state index contributed by atoms with van der Waals surface area (Å²) < 4.78 is 12.8. The number of aromatic nitrogens is 2. The fraction of sp³-hybridized carbons (Fsp3) is 0.267. The van der Waals surface area contributed by atoms with Gasteiger partial charge in [0.25, 0.3) is 5.91 Å². The molecule has 37 heavy (non-hydrogen) atoms. The Labute approximate surface area is 217 Å². The number of nitrogens with zero attached hydrogens (tertiary/aromatic N) is 3. The lowest BCUT2D eigenvalue weighted by atomic mass is 10.0. The van der Waals surface area contributed by atoms with Gasteiger partial charge in [-0.3, -0.25) is 9.69 Å². The molecule has 1 fully saturated rings. The van der Waals surface area contributed by atoms with Crippen molar-refractivity contribution in [2.45, 2.75) is 18.9 Å². The van der Waals surface area contributed by atoms with E-state index in [1.165, 1.54) is 18.4 Å². The van der Waals surface area contributed by atoms with E-state index in [2.05, 4.69) is 34.5 Å². The van der Waals surface area contributed by atoms with Crippen molar-refractivity contribution in [3.8, 4) is 28.4 Å². The lowest BCUT2D eigenvalue weighted by Crippen LogP contribution is -2.36. The lowest BCUT2D eigenvalue weighted by molar-refractivity contribution is 0.0938. The molecule has 1 aliphatic heterocycles. The van der Waals surface area contributed by atoms with Gasteiger partial charge in [-0.1, -0.05) is 48.5 Å². The van der Waals surface area contributed by atoms with Gasteiger partial charge in [0.05, 0.1) is 31.5 Å². The number of benzene rings is 3. The van der Waals surface area contributed by atoms with Crippen molar-refractivity contribution in [1.29, 1.82) is 0 Å². The van der Waals surface area contributed by atoms with Crippen molar-refractivity contribution in [2.75, 3.05) is 33.9 Å². The van der Waals surface area contributed by atoms with Crippen LogP contribution in [0.1, 0.15) is 34.8 Å². The van der Waals surface area contributed by atoms with E-state index in [1.807, 2.05) is 48.5 Å². The van der Waals surface area contributed by atoms with E-state index in [1.54, 1.807) is 31.2 Å². The molecule has 1 atom stereocenters. The third kappa shape index (κ3) is 5.37. The first-order valence-corrected chi connectivity index (χ1v) is 12.6. The highest BCUT2D eigenvalue weighted by atomic mass is 16.5. The van der Waals surface area contributed by atoms with Crippen LogP contribution in [-0.4, -0.2) is 54.4 Å². The van der Waals surface area contributed by atoms with Crippen molar-refractivity contribution >= 4 is 5.91 Å². The summed E-state index contributed by atoms with van der Waals surface area (Å²) in [5.41, 5.74) is 3.84. The summed E-state index contributed by atoms with van der Waals surface area (Å²) in [6, 6.07) is 25.8. The molecule has 7 heteroatoms. The number of rotatable bonds is 9. The van der Waals surface area contributed by atoms with Gasteiger partial charge >= 0.3 is 0 Å². The molecule has 0 spiro atoms. The highest BCUT2D eigenvalue weighted by Crippen LogP contribution is 2.35. The highest BCUT2D eigenvalue weighted by Gasteiger charge is 2.26. The largest absolute Gasteiger partial charge is 0.497 e. The predicted molar refractivity (Wildman–Crippen MR) is 144 cm³/mol. The average molecular weight is 497 g/mol. The molecular formula is C30H32N4O3. The molecule has 0 radical (unpaired) electrons. The van der Waals surface area contributed by atoms with Crippen LogP contribution >= 0.6 is 0 Å². The second kappa shape index (κ2) is 11.3. The first-order valence-electron chi connectivity index (χ1n) is 12.6. The van der Waals surface area contributed by atoms with E-state index in [4.69, 9.17) is 14.6 Å². The summed E-state index contributed by atoms with van der Waals surface area (Å²) >= 11 is 0. The SMILES string of the molecule is COc1ccc(-c2nn(-c3ccccc3)cc2C(=O)NCC(c2ccccc2)N2CCCC2)c(OC)c1. The number of amides is 1. The number of likely N-dealkylation sites (tertiary alicyclic amines) is 1. The molecular weight excluding hydrogens is 464 g/mol.